The van der Waals surface area contributed by atoms with E-state index in [0.29, 0.717) is 29.3 Å². The number of hydrogen-bond donors (Lipinski definition) is 3. The van der Waals surface area contributed by atoms with Crippen molar-refractivity contribution < 1.29 is 34.4 Å². The molecule has 0 aliphatic rings. The maximum Gasteiger partial charge on any atom is 0.344 e. The van der Waals surface area contributed by atoms with Crippen molar-refractivity contribution in [3.05, 3.63) is 41.4 Å². The van der Waals surface area contributed by atoms with Gasteiger partial charge in [-0.25, -0.2) is 14.4 Å². The van der Waals surface area contributed by atoms with Gasteiger partial charge in [0, 0.05) is 17.2 Å². The fourth-order valence-electron chi connectivity index (χ4n) is 1.13. The number of hydrogen-bond acceptors (Lipinski definition) is 4. The van der Waals surface area contributed by atoms with Gasteiger partial charge in [-0.15, -0.1) is 0 Å². The molecule has 0 amide bonds. The van der Waals surface area contributed by atoms with Crippen LogP contribution in [-0.2, 0) is 14.4 Å². The van der Waals surface area contributed by atoms with Crippen LogP contribution in [0.2, 0.25) is 5.02 Å². The third-order valence-corrected chi connectivity index (χ3v) is 2.36. The molecule has 1 atom stereocenters. The SMILES string of the molecule is CCC(Oc1ccc(Cl)cc1)C(=O)O.O=C(O)C=CC(=O)O. The van der Waals surface area contributed by atoms with Gasteiger partial charge in [-0.3, -0.25) is 0 Å². The summed E-state index contributed by atoms with van der Waals surface area (Å²) in [6, 6.07) is 6.61. The molecule has 22 heavy (non-hydrogen) atoms. The normalized spacial score (nSPS) is 11.2. The third-order valence-electron chi connectivity index (χ3n) is 2.11. The van der Waals surface area contributed by atoms with E-state index in [9.17, 15) is 14.4 Å². The summed E-state index contributed by atoms with van der Waals surface area (Å²) in [5, 5.41) is 25.0. The lowest BCUT2D eigenvalue weighted by atomic mass is 10.3. The highest BCUT2D eigenvalue weighted by Gasteiger charge is 2.16. The Morgan fingerprint density at radius 2 is 1.55 bits per heavy atom. The lowest BCUT2D eigenvalue weighted by molar-refractivity contribution is -0.145. The summed E-state index contributed by atoms with van der Waals surface area (Å²) < 4.78 is 5.22. The van der Waals surface area contributed by atoms with E-state index in [1.54, 1.807) is 31.2 Å². The predicted molar refractivity (Wildman–Crippen MR) is 78.2 cm³/mol. The molecule has 0 aromatic heterocycles. The van der Waals surface area contributed by atoms with Crippen LogP contribution in [0.3, 0.4) is 0 Å². The Morgan fingerprint density at radius 3 is 1.86 bits per heavy atom. The van der Waals surface area contributed by atoms with Crippen molar-refractivity contribution in [2.45, 2.75) is 19.4 Å². The minimum absolute atomic E-state index is 0.429. The van der Waals surface area contributed by atoms with Crippen LogP contribution in [0.1, 0.15) is 13.3 Å². The number of ether oxygens (including phenoxy) is 1. The maximum atomic E-state index is 10.7. The summed E-state index contributed by atoms with van der Waals surface area (Å²) in [6.45, 7) is 1.76. The molecule has 0 bridgehead atoms. The molecule has 0 aliphatic heterocycles. The van der Waals surface area contributed by atoms with Crippen LogP contribution in [0.15, 0.2) is 36.4 Å². The number of halogens is 1. The molecular weight excluding hydrogens is 316 g/mol. The van der Waals surface area contributed by atoms with Crippen LogP contribution in [0.25, 0.3) is 0 Å². The second-order valence-electron chi connectivity index (χ2n) is 3.82. The summed E-state index contributed by atoms with van der Waals surface area (Å²) >= 11 is 5.67. The smallest absolute Gasteiger partial charge is 0.344 e. The van der Waals surface area contributed by atoms with Gasteiger partial charge in [-0.2, -0.15) is 0 Å². The van der Waals surface area contributed by atoms with Gasteiger partial charge in [0.05, 0.1) is 0 Å². The first kappa shape index (κ1) is 19.5. The van der Waals surface area contributed by atoms with E-state index >= 15 is 0 Å². The number of carboxylic acid groups (broad SMARTS) is 3. The van der Waals surface area contributed by atoms with Crippen molar-refractivity contribution in [1.82, 2.24) is 0 Å². The minimum atomic E-state index is -1.26. The first-order valence-corrected chi connectivity index (χ1v) is 6.43. The molecule has 1 aromatic rings. The van der Waals surface area contributed by atoms with Crippen molar-refractivity contribution in [2.75, 3.05) is 0 Å². The van der Waals surface area contributed by atoms with Crippen LogP contribution < -0.4 is 4.74 Å². The Bertz CT molecular complexity index is 521. The molecule has 1 aromatic carbocycles. The quantitative estimate of drug-likeness (QED) is 0.684. The Morgan fingerprint density at radius 1 is 1.09 bits per heavy atom. The standard InChI is InChI=1S/C10H11ClO3.C4H4O4/c1-2-9(10(12)13)14-8-5-3-7(11)4-6-8;5-3(6)1-2-4(7)8/h3-6,9H,2H2,1H3,(H,12,13);1-2H,(H,5,6)(H,7,8). The van der Waals surface area contributed by atoms with Crippen LogP contribution in [0.5, 0.6) is 5.75 Å². The lowest BCUT2D eigenvalue weighted by Gasteiger charge is -2.12. The van der Waals surface area contributed by atoms with Crippen molar-refractivity contribution in [3.8, 4) is 5.75 Å². The zero-order valence-electron chi connectivity index (χ0n) is 11.6. The molecule has 1 rings (SSSR count). The topological polar surface area (TPSA) is 121 Å². The van der Waals surface area contributed by atoms with Gasteiger partial charge in [-0.1, -0.05) is 18.5 Å². The number of carbonyl (C=O) groups is 3. The average Bonchev–Trinajstić information content (AvgIpc) is 2.45. The Kier molecular flexibility index (Phi) is 9.04. The van der Waals surface area contributed by atoms with Crippen LogP contribution in [-0.4, -0.2) is 39.3 Å². The van der Waals surface area contributed by atoms with Gasteiger partial charge in [-0.05, 0) is 30.7 Å². The van der Waals surface area contributed by atoms with E-state index in [1.165, 1.54) is 0 Å². The Balaban J connectivity index is 0.000000472. The van der Waals surface area contributed by atoms with Gasteiger partial charge in [0.15, 0.2) is 6.10 Å². The van der Waals surface area contributed by atoms with Gasteiger partial charge in [0.2, 0.25) is 0 Å². The van der Waals surface area contributed by atoms with E-state index < -0.39 is 24.0 Å². The molecule has 0 aliphatic carbocycles. The molecule has 0 heterocycles. The monoisotopic (exact) mass is 330 g/mol. The second kappa shape index (κ2) is 10.2. The van der Waals surface area contributed by atoms with Gasteiger partial charge >= 0.3 is 17.9 Å². The third kappa shape index (κ3) is 9.38. The Hall–Kier alpha value is -2.54. The largest absolute Gasteiger partial charge is 0.479 e. The summed E-state index contributed by atoms with van der Waals surface area (Å²) in [5.41, 5.74) is 0. The zero-order chi connectivity index (χ0) is 17.1. The molecule has 3 N–H and O–H groups in total. The average molecular weight is 331 g/mol. The molecule has 0 saturated carbocycles. The number of aliphatic carboxylic acids is 3. The lowest BCUT2D eigenvalue weighted by Crippen LogP contribution is -2.25. The molecule has 0 spiro atoms. The first-order valence-electron chi connectivity index (χ1n) is 6.05. The fraction of sp³-hybridized carbons (Fsp3) is 0.214. The molecule has 0 radical (unpaired) electrons. The highest BCUT2D eigenvalue weighted by molar-refractivity contribution is 6.30. The first-order chi connectivity index (χ1) is 10.3. The van der Waals surface area contributed by atoms with Crippen molar-refractivity contribution in [2.24, 2.45) is 0 Å². The molecular formula is C14H15ClO7. The fourth-order valence-corrected chi connectivity index (χ4v) is 1.25. The minimum Gasteiger partial charge on any atom is -0.479 e. The molecule has 7 nitrogen and oxygen atoms in total. The van der Waals surface area contributed by atoms with Gasteiger partial charge in [0.1, 0.15) is 5.75 Å². The van der Waals surface area contributed by atoms with E-state index in [1.807, 2.05) is 0 Å². The highest BCUT2D eigenvalue weighted by atomic mass is 35.5. The van der Waals surface area contributed by atoms with E-state index in [4.69, 9.17) is 31.7 Å². The number of rotatable bonds is 6. The summed E-state index contributed by atoms with van der Waals surface area (Å²) in [6.07, 6.45) is 0.749. The number of carboxylic acids is 3. The van der Waals surface area contributed by atoms with E-state index in [2.05, 4.69) is 0 Å². The van der Waals surface area contributed by atoms with Crippen molar-refractivity contribution in [3.63, 3.8) is 0 Å². The summed E-state index contributed by atoms with van der Waals surface area (Å²) in [4.78, 5) is 29.8. The van der Waals surface area contributed by atoms with Crippen LogP contribution in [0, 0.1) is 0 Å². The predicted octanol–water partition coefficient (Wildman–Crippen LogP) is 2.29. The molecule has 0 saturated heterocycles. The van der Waals surface area contributed by atoms with E-state index in [0.717, 1.165) is 0 Å². The maximum absolute atomic E-state index is 10.7. The van der Waals surface area contributed by atoms with Gasteiger partial charge < -0.3 is 20.1 Å². The second-order valence-corrected chi connectivity index (χ2v) is 4.25. The molecule has 120 valence electrons. The van der Waals surface area contributed by atoms with Crippen LogP contribution in [0.4, 0.5) is 0 Å². The van der Waals surface area contributed by atoms with E-state index in [-0.39, 0.29) is 0 Å². The molecule has 1 unspecified atom stereocenters. The van der Waals surface area contributed by atoms with Gasteiger partial charge in [0.25, 0.3) is 0 Å². The van der Waals surface area contributed by atoms with Crippen molar-refractivity contribution in [1.29, 1.82) is 0 Å². The van der Waals surface area contributed by atoms with Crippen molar-refractivity contribution >= 4 is 29.5 Å². The highest BCUT2D eigenvalue weighted by Crippen LogP contribution is 2.17. The zero-order valence-corrected chi connectivity index (χ0v) is 12.4. The van der Waals surface area contributed by atoms with Crippen LogP contribution >= 0.6 is 11.6 Å². The summed E-state index contributed by atoms with van der Waals surface area (Å²) in [5.74, 6) is -2.95. The summed E-state index contributed by atoms with van der Waals surface area (Å²) in [7, 11) is 0. The number of benzene rings is 1. The molecule has 8 heteroatoms. The molecule has 0 fully saturated rings. The Labute approximate surface area is 131 Å².